The third-order valence-corrected chi connectivity index (χ3v) is 5.95. The molecular formula is C28H33FN2O3. The fourth-order valence-electron chi connectivity index (χ4n) is 3.81. The minimum Gasteiger partial charge on any atom is -0.426 e. The largest absolute Gasteiger partial charge is 0.426 e. The number of carbonyl (C=O) groups excluding carboxylic acids is 1. The average Bonchev–Trinajstić information content (AvgIpc) is 2.80. The third-order valence-electron chi connectivity index (χ3n) is 5.95. The minimum absolute atomic E-state index is 0.115. The number of aromatic nitrogens is 2. The number of nitrogens with zero attached hydrogens (tertiary/aromatic N) is 2. The van der Waals surface area contributed by atoms with Crippen LogP contribution < -0.4 is 10.3 Å². The Balaban J connectivity index is 2.11. The molecule has 0 saturated heterocycles. The van der Waals surface area contributed by atoms with Crippen LogP contribution >= 0.6 is 0 Å². The van der Waals surface area contributed by atoms with Gasteiger partial charge in [0.15, 0.2) is 0 Å². The summed E-state index contributed by atoms with van der Waals surface area (Å²) in [6.07, 6.45) is 1.74. The summed E-state index contributed by atoms with van der Waals surface area (Å²) in [4.78, 5) is 31.0. The molecule has 0 aliphatic carbocycles. The van der Waals surface area contributed by atoms with Gasteiger partial charge in [-0.2, -0.15) is 0 Å². The van der Waals surface area contributed by atoms with E-state index in [1.807, 2.05) is 32.9 Å². The average molecular weight is 465 g/mol. The lowest BCUT2D eigenvalue weighted by atomic mass is 10.0. The molecule has 0 radical (unpaired) electrons. The van der Waals surface area contributed by atoms with Gasteiger partial charge in [0.2, 0.25) is 0 Å². The number of hydrogen-bond donors (Lipinski definition) is 0. The Labute approximate surface area is 200 Å². The van der Waals surface area contributed by atoms with Crippen molar-refractivity contribution in [1.82, 2.24) is 9.55 Å². The highest BCUT2D eigenvalue weighted by Gasteiger charge is 2.21. The van der Waals surface area contributed by atoms with Crippen LogP contribution in [0.2, 0.25) is 0 Å². The highest BCUT2D eigenvalue weighted by molar-refractivity contribution is 5.78. The fourth-order valence-corrected chi connectivity index (χ4v) is 3.81. The van der Waals surface area contributed by atoms with E-state index < -0.39 is 0 Å². The highest BCUT2D eigenvalue weighted by atomic mass is 19.1. The maximum absolute atomic E-state index is 13.7. The first-order valence-electron chi connectivity index (χ1n) is 11.9. The normalized spacial score (nSPS) is 12.1. The summed E-state index contributed by atoms with van der Waals surface area (Å²) >= 11 is 0. The summed E-state index contributed by atoms with van der Waals surface area (Å²) in [5.74, 6) is 0.228. The molecule has 0 amide bonds. The molecule has 34 heavy (non-hydrogen) atoms. The van der Waals surface area contributed by atoms with Crippen molar-refractivity contribution in [2.75, 3.05) is 0 Å². The van der Waals surface area contributed by atoms with Crippen LogP contribution in [0.15, 0.2) is 53.3 Å². The summed E-state index contributed by atoms with van der Waals surface area (Å²) in [6, 6.07) is 13.5. The first-order valence-corrected chi connectivity index (χ1v) is 11.9. The lowest BCUT2D eigenvalue weighted by Gasteiger charge is -2.19. The third kappa shape index (κ3) is 5.99. The molecule has 5 nitrogen and oxygen atoms in total. The molecule has 0 aliphatic heterocycles. The van der Waals surface area contributed by atoms with Crippen molar-refractivity contribution < 1.29 is 13.9 Å². The molecule has 3 rings (SSSR count). The second-order valence-electron chi connectivity index (χ2n) is 9.16. The Bertz CT molecular complexity index is 1220. The maximum atomic E-state index is 13.7. The number of halogens is 1. The van der Waals surface area contributed by atoms with Gasteiger partial charge in [0.1, 0.15) is 17.4 Å². The maximum Gasteiger partial charge on any atom is 0.314 e. The van der Waals surface area contributed by atoms with Crippen molar-refractivity contribution in [3.05, 3.63) is 81.5 Å². The SMILES string of the molecule is CC[C@H](C)C(=O)Oc1ccccc1-c1nc(C)c(CC(C)C)c(=O)n1CCc1cccc(F)c1. The van der Waals surface area contributed by atoms with Crippen LogP contribution in [0, 0.1) is 24.6 Å². The lowest BCUT2D eigenvalue weighted by Crippen LogP contribution is -2.30. The predicted molar refractivity (Wildman–Crippen MR) is 132 cm³/mol. The van der Waals surface area contributed by atoms with E-state index >= 15 is 0 Å². The first-order chi connectivity index (χ1) is 16.2. The van der Waals surface area contributed by atoms with E-state index in [2.05, 4.69) is 13.8 Å². The van der Waals surface area contributed by atoms with Crippen molar-refractivity contribution >= 4 is 5.97 Å². The van der Waals surface area contributed by atoms with Crippen LogP contribution in [-0.2, 0) is 24.2 Å². The van der Waals surface area contributed by atoms with Gasteiger partial charge in [0.25, 0.3) is 5.56 Å². The predicted octanol–water partition coefficient (Wildman–Crippen LogP) is 5.75. The standard InChI is InChI=1S/C28H33FN2O3/c1-6-19(4)28(33)34-25-13-8-7-12-23(25)26-30-20(5)24(16-18(2)3)27(32)31(26)15-14-21-10-9-11-22(29)17-21/h7-13,17-19H,6,14-16H2,1-5H3/t19-/m0/s1. The molecule has 0 unspecified atom stereocenters. The molecule has 0 aliphatic rings. The lowest BCUT2D eigenvalue weighted by molar-refractivity contribution is -0.138. The molecule has 1 heterocycles. The molecule has 3 aromatic rings. The Morgan fingerprint density at radius 1 is 1.12 bits per heavy atom. The first kappa shape index (κ1) is 25.3. The van der Waals surface area contributed by atoms with E-state index in [9.17, 15) is 14.0 Å². The second-order valence-corrected chi connectivity index (χ2v) is 9.16. The van der Waals surface area contributed by atoms with Crippen LogP contribution in [0.3, 0.4) is 0 Å². The Kier molecular flexibility index (Phi) is 8.37. The number of benzene rings is 2. The Morgan fingerprint density at radius 3 is 2.53 bits per heavy atom. The van der Waals surface area contributed by atoms with E-state index in [0.29, 0.717) is 60.1 Å². The number of aryl methyl sites for hydroxylation is 2. The van der Waals surface area contributed by atoms with Gasteiger partial charge in [-0.15, -0.1) is 0 Å². The summed E-state index contributed by atoms with van der Waals surface area (Å²) in [7, 11) is 0. The topological polar surface area (TPSA) is 61.2 Å². The second kappa shape index (κ2) is 11.2. The zero-order valence-electron chi connectivity index (χ0n) is 20.6. The Hall–Kier alpha value is -3.28. The number of esters is 1. The van der Waals surface area contributed by atoms with E-state index in [4.69, 9.17) is 9.72 Å². The summed E-state index contributed by atoms with van der Waals surface area (Å²) in [6.45, 7) is 10.0. The van der Waals surface area contributed by atoms with Crippen LogP contribution in [0.4, 0.5) is 4.39 Å². The summed E-state index contributed by atoms with van der Waals surface area (Å²) < 4.78 is 21.1. The summed E-state index contributed by atoms with van der Waals surface area (Å²) in [5, 5.41) is 0. The van der Waals surface area contributed by atoms with Crippen LogP contribution in [0.5, 0.6) is 5.75 Å². The fraction of sp³-hybridized carbons (Fsp3) is 0.393. The van der Waals surface area contributed by atoms with E-state index in [0.717, 1.165) is 5.56 Å². The van der Waals surface area contributed by atoms with Gasteiger partial charge >= 0.3 is 5.97 Å². The molecule has 0 saturated carbocycles. The van der Waals surface area contributed by atoms with Crippen molar-refractivity contribution in [1.29, 1.82) is 0 Å². The molecule has 1 atom stereocenters. The number of hydrogen-bond acceptors (Lipinski definition) is 4. The smallest absolute Gasteiger partial charge is 0.314 e. The molecule has 0 N–H and O–H groups in total. The van der Waals surface area contributed by atoms with Crippen LogP contribution in [0.25, 0.3) is 11.4 Å². The Morgan fingerprint density at radius 2 is 1.85 bits per heavy atom. The van der Waals surface area contributed by atoms with Crippen molar-refractivity contribution in [3.8, 4) is 17.1 Å². The van der Waals surface area contributed by atoms with Gasteiger partial charge in [-0.25, -0.2) is 9.37 Å². The van der Waals surface area contributed by atoms with Gasteiger partial charge in [0.05, 0.1) is 11.5 Å². The zero-order chi connectivity index (χ0) is 24.8. The van der Waals surface area contributed by atoms with E-state index in [1.54, 1.807) is 28.8 Å². The van der Waals surface area contributed by atoms with E-state index in [1.165, 1.54) is 12.1 Å². The highest BCUT2D eigenvalue weighted by Crippen LogP contribution is 2.30. The molecular weight excluding hydrogens is 431 g/mol. The number of para-hydroxylation sites is 1. The summed E-state index contributed by atoms with van der Waals surface area (Å²) in [5.41, 5.74) is 2.59. The van der Waals surface area contributed by atoms with Crippen molar-refractivity contribution in [2.45, 2.75) is 60.4 Å². The van der Waals surface area contributed by atoms with Gasteiger partial charge < -0.3 is 4.74 Å². The molecule has 180 valence electrons. The molecule has 0 bridgehead atoms. The monoisotopic (exact) mass is 464 g/mol. The number of ether oxygens (including phenoxy) is 1. The number of carbonyl (C=O) groups is 1. The zero-order valence-corrected chi connectivity index (χ0v) is 20.6. The van der Waals surface area contributed by atoms with Crippen molar-refractivity contribution in [3.63, 3.8) is 0 Å². The molecule has 0 fully saturated rings. The number of rotatable bonds is 9. The molecule has 6 heteroatoms. The quantitative estimate of drug-likeness (QED) is 0.299. The van der Waals surface area contributed by atoms with Gasteiger partial charge in [0, 0.05) is 17.8 Å². The van der Waals surface area contributed by atoms with Crippen LogP contribution in [-0.4, -0.2) is 15.5 Å². The minimum atomic E-state index is -0.322. The van der Waals surface area contributed by atoms with Gasteiger partial charge in [-0.1, -0.05) is 52.0 Å². The van der Waals surface area contributed by atoms with Gasteiger partial charge in [-0.3, -0.25) is 14.2 Å². The van der Waals surface area contributed by atoms with Crippen LogP contribution in [0.1, 0.15) is 50.9 Å². The molecule has 0 spiro atoms. The van der Waals surface area contributed by atoms with Gasteiger partial charge in [-0.05, 0) is 61.9 Å². The molecule has 1 aromatic heterocycles. The molecule has 2 aromatic carbocycles. The van der Waals surface area contributed by atoms with Crippen molar-refractivity contribution in [2.24, 2.45) is 11.8 Å². The van der Waals surface area contributed by atoms with E-state index in [-0.39, 0.29) is 23.3 Å².